The van der Waals surface area contributed by atoms with Gasteiger partial charge in [0.2, 0.25) is 5.91 Å². The quantitative estimate of drug-likeness (QED) is 0.797. The molecule has 1 amide bonds. The van der Waals surface area contributed by atoms with E-state index in [1.165, 1.54) is 16.7 Å². The highest BCUT2D eigenvalue weighted by molar-refractivity contribution is 5.92. The zero-order chi connectivity index (χ0) is 16.2. The summed E-state index contributed by atoms with van der Waals surface area (Å²) in [5.41, 5.74) is 5.39. The molecule has 3 rings (SSSR count). The van der Waals surface area contributed by atoms with Crippen molar-refractivity contribution in [2.24, 2.45) is 0 Å². The molecule has 2 aromatic rings. The van der Waals surface area contributed by atoms with Gasteiger partial charge in [-0.2, -0.15) is 5.26 Å². The highest BCUT2D eigenvalue weighted by Crippen LogP contribution is 2.22. The molecular formula is C20H18N2O. The number of hydrogen-bond donors (Lipinski definition) is 0. The summed E-state index contributed by atoms with van der Waals surface area (Å²) in [5, 5.41) is 8.91. The molecule has 0 aromatic heterocycles. The lowest BCUT2D eigenvalue weighted by Crippen LogP contribution is -2.35. The van der Waals surface area contributed by atoms with Crippen LogP contribution in [0.15, 0.2) is 48.5 Å². The lowest BCUT2D eigenvalue weighted by molar-refractivity contribution is -0.126. The van der Waals surface area contributed by atoms with Crippen LogP contribution in [0.3, 0.4) is 0 Å². The van der Waals surface area contributed by atoms with E-state index in [9.17, 15) is 4.79 Å². The summed E-state index contributed by atoms with van der Waals surface area (Å²) >= 11 is 0. The van der Waals surface area contributed by atoms with E-state index in [0.29, 0.717) is 12.1 Å². The molecule has 0 fully saturated rings. The second kappa shape index (κ2) is 6.50. The van der Waals surface area contributed by atoms with Crippen LogP contribution in [0.5, 0.6) is 0 Å². The first-order chi connectivity index (χ1) is 11.2. The Morgan fingerprint density at radius 3 is 2.91 bits per heavy atom. The van der Waals surface area contributed by atoms with E-state index in [2.05, 4.69) is 25.1 Å². The number of amides is 1. The first kappa shape index (κ1) is 15.1. The van der Waals surface area contributed by atoms with Crippen molar-refractivity contribution < 1.29 is 4.79 Å². The number of nitrogens with zero attached hydrogens (tertiary/aromatic N) is 2. The van der Waals surface area contributed by atoms with E-state index >= 15 is 0 Å². The van der Waals surface area contributed by atoms with Gasteiger partial charge in [-0.25, -0.2) is 0 Å². The summed E-state index contributed by atoms with van der Waals surface area (Å²) < 4.78 is 0. The molecule has 0 aliphatic carbocycles. The van der Waals surface area contributed by atoms with Gasteiger partial charge in [-0.05, 0) is 53.8 Å². The lowest BCUT2D eigenvalue weighted by atomic mass is 9.95. The summed E-state index contributed by atoms with van der Waals surface area (Å²) in [5.74, 6) is 0.0134. The third-order valence-electron chi connectivity index (χ3n) is 4.25. The standard InChI is InChI=1S/C20H18N2O/c1-15-4-2-7-18-14-22(11-10-19(15)18)20(23)9-8-16-5-3-6-17(12-16)13-21/h2-9,12H,10-11,14H2,1H3/b9-8+. The summed E-state index contributed by atoms with van der Waals surface area (Å²) in [6.07, 6.45) is 4.28. The largest absolute Gasteiger partial charge is 0.334 e. The van der Waals surface area contributed by atoms with Gasteiger partial charge >= 0.3 is 0 Å². The Labute approximate surface area is 136 Å². The smallest absolute Gasteiger partial charge is 0.246 e. The van der Waals surface area contributed by atoms with Crippen LogP contribution in [0.4, 0.5) is 0 Å². The summed E-state index contributed by atoms with van der Waals surface area (Å²) in [7, 11) is 0. The van der Waals surface area contributed by atoms with Crippen LogP contribution in [0.2, 0.25) is 0 Å². The van der Waals surface area contributed by atoms with Crippen molar-refractivity contribution in [1.82, 2.24) is 4.90 Å². The Balaban J connectivity index is 1.72. The Morgan fingerprint density at radius 1 is 1.26 bits per heavy atom. The van der Waals surface area contributed by atoms with E-state index in [1.54, 1.807) is 24.3 Å². The molecule has 0 radical (unpaired) electrons. The molecule has 0 unspecified atom stereocenters. The normalized spacial score (nSPS) is 13.7. The molecule has 3 heteroatoms. The number of benzene rings is 2. The van der Waals surface area contributed by atoms with Crippen molar-refractivity contribution in [3.05, 3.63) is 76.4 Å². The van der Waals surface area contributed by atoms with Gasteiger partial charge in [-0.3, -0.25) is 4.79 Å². The van der Waals surface area contributed by atoms with Crippen LogP contribution in [0, 0.1) is 18.3 Å². The van der Waals surface area contributed by atoms with Gasteiger partial charge in [-0.1, -0.05) is 30.3 Å². The molecule has 0 spiro atoms. The van der Waals surface area contributed by atoms with E-state index in [-0.39, 0.29) is 5.91 Å². The number of nitriles is 1. The fourth-order valence-electron chi connectivity index (χ4n) is 2.97. The van der Waals surface area contributed by atoms with Crippen molar-refractivity contribution in [2.45, 2.75) is 19.9 Å². The number of hydrogen-bond acceptors (Lipinski definition) is 2. The molecule has 0 bridgehead atoms. The molecule has 1 aliphatic rings. The topological polar surface area (TPSA) is 44.1 Å². The highest BCUT2D eigenvalue weighted by Gasteiger charge is 2.19. The van der Waals surface area contributed by atoms with Crippen LogP contribution in [0.1, 0.15) is 27.8 Å². The Morgan fingerprint density at radius 2 is 2.09 bits per heavy atom. The average molecular weight is 302 g/mol. The number of rotatable bonds is 2. The number of carbonyl (C=O) groups excluding carboxylic acids is 1. The van der Waals surface area contributed by atoms with Crippen LogP contribution < -0.4 is 0 Å². The molecule has 2 aromatic carbocycles. The van der Waals surface area contributed by atoms with Gasteiger partial charge in [0.1, 0.15) is 0 Å². The maximum absolute atomic E-state index is 12.4. The summed E-state index contributed by atoms with van der Waals surface area (Å²) in [6, 6.07) is 15.6. The minimum absolute atomic E-state index is 0.0134. The molecule has 0 atom stereocenters. The molecule has 23 heavy (non-hydrogen) atoms. The predicted octanol–water partition coefficient (Wildman–Crippen LogP) is 3.46. The van der Waals surface area contributed by atoms with Crippen molar-refractivity contribution in [1.29, 1.82) is 5.26 Å². The van der Waals surface area contributed by atoms with Gasteiger partial charge in [0.25, 0.3) is 0 Å². The molecule has 114 valence electrons. The number of carbonyl (C=O) groups is 1. The number of fused-ring (bicyclic) bond motifs is 1. The van der Waals surface area contributed by atoms with E-state index < -0.39 is 0 Å². The summed E-state index contributed by atoms with van der Waals surface area (Å²) in [6.45, 7) is 3.54. The molecule has 1 heterocycles. The lowest BCUT2D eigenvalue weighted by Gasteiger charge is -2.29. The second-order valence-corrected chi connectivity index (χ2v) is 5.79. The zero-order valence-corrected chi connectivity index (χ0v) is 13.1. The monoisotopic (exact) mass is 302 g/mol. The molecule has 0 saturated heterocycles. The van der Waals surface area contributed by atoms with Crippen molar-refractivity contribution in [2.75, 3.05) is 6.54 Å². The maximum Gasteiger partial charge on any atom is 0.246 e. The Kier molecular flexibility index (Phi) is 4.25. The average Bonchev–Trinajstić information content (AvgIpc) is 2.59. The molecule has 0 saturated carbocycles. The highest BCUT2D eigenvalue weighted by atomic mass is 16.2. The van der Waals surface area contributed by atoms with E-state index in [4.69, 9.17) is 5.26 Å². The van der Waals surface area contributed by atoms with Gasteiger partial charge in [-0.15, -0.1) is 0 Å². The number of aryl methyl sites for hydroxylation is 1. The first-order valence-corrected chi connectivity index (χ1v) is 7.72. The van der Waals surface area contributed by atoms with Gasteiger partial charge in [0, 0.05) is 19.2 Å². The second-order valence-electron chi connectivity index (χ2n) is 5.79. The van der Waals surface area contributed by atoms with E-state index in [0.717, 1.165) is 18.5 Å². The molecule has 3 nitrogen and oxygen atoms in total. The van der Waals surface area contributed by atoms with Crippen LogP contribution in [-0.2, 0) is 17.8 Å². The molecule has 0 N–H and O–H groups in total. The van der Waals surface area contributed by atoms with Gasteiger partial charge in [0.05, 0.1) is 11.6 Å². The minimum atomic E-state index is 0.0134. The van der Waals surface area contributed by atoms with E-state index in [1.807, 2.05) is 23.1 Å². The maximum atomic E-state index is 12.4. The van der Waals surface area contributed by atoms with Crippen LogP contribution in [-0.4, -0.2) is 17.4 Å². The summed E-state index contributed by atoms with van der Waals surface area (Å²) in [4.78, 5) is 14.3. The van der Waals surface area contributed by atoms with Crippen LogP contribution in [0.25, 0.3) is 6.08 Å². The fraction of sp³-hybridized carbons (Fsp3) is 0.200. The van der Waals surface area contributed by atoms with Gasteiger partial charge in [0.15, 0.2) is 0 Å². The van der Waals surface area contributed by atoms with Crippen molar-refractivity contribution in [3.63, 3.8) is 0 Å². The third kappa shape index (κ3) is 3.32. The third-order valence-corrected chi connectivity index (χ3v) is 4.25. The minimum Gasteiger partial charge on any atom is -0.334 e. The Hall–Kier alpha value is -2.86. The fourth-order valence-corrected chi connectivity index (χ4v) is 2.97. The SMILES string of the molecule is Cc1cccc2c1CCN(C(=O)/C=C/c1cccc(C#N)c1)C2. The predicted molar refractivity (Wildman–Crippen MR) is 90.5 cm³/mol. The van der Waals surface area contributed by atoms with Crippen molar-refractivity contribution >= 4 is 12.0 Å². The first-order valence-electron chi connectivity index (χ1n) is 7.72. The molecule has 1 aliphatic heterocycles. The van der Waals surface area contributed by atoms with Crippen molar-refractivity contribution in [3.8, 4) is 6.07 Å². The Bertz CT molecular complexity index is 815. The molecular weight excluding hydrogens is 284 g/mol. The van der Waals surface area contributed by atoms with Crippen LogP contribution >= 0.6 is 0 Å². The van der Waals surface area contributed by atoms with Gasteiger partial charge < -0.3 is 4.90 Å². The zero-order valence-electron chi connectivity index (χ0n) is 13.1.